The topological polar surface area (TPSA) is 180 Å². The van der Waals surface area contributed by atoms with Crippen molar-refractivity contribution in [2.24, 2.45) is 0 Å². The van der Waals surface area contributed by atoms with Gasteiger partial charge in [0, 0.05) is 0 Å². The Morgan fingerprint density at radius 3 is 0.950 bits per heavy atom. The highest BCUT2D eigenvalue weighted by molar-refractivity contribution is 8.07. The minimum Gasteiger partial charge on any atom is -0.387 e. The third-order valence-electron chi connectivity index (χ3n) is 2.56. The molecule has 0 heterocycles. The lowest BCUT2D eigenvalue weighted by molar-refractivity contribution is -0.213. The molecule has 0 saturated heterocycles. The van der Waals surface area contributed by atoms with Crippen LogP contribution in [-0.2, 0) is 32.7 Å². The summed E-state index contributed by atoms with van der Waals surface area (Å²) >= 11 is 8.32. The summed E-state index contributed by atoms with van der Waals surface area (Å²) in [6.07, 6.45) is -11.4. The van der Waals surface area contributed by atoms with Gasteiger partial charge in [-0.05, 0) is 23.6 Å². The van der Waals surface area contributed by atoms with E-state index in [0.29, 0.717) is 0 Å². The van der Waals surface area contributed by atoms with Crippen LogP contribution in [0.3, 0.4) is 0 Å². The second kappa shape index (κ2) is 6.57. The summed E-state index contributed by atoms with van der Waals surface area (Å²) in [6.45, 7) is -8.57. The first-order valence-electron chi connectivity index (χ1n) is 5.03. The van der Waals surface area contributed by atoms with Crippen LogP contribution in [0, 0.1) is 0 Å². The molecule has 10 nitrogen and oxygen atoms in total. The second-order valence-corrected chi connectivity index (χ2v) is 9.32. The average Bonchev–Trinajstić information content (AvgIpc) is 2.25. The molecule has 8 N–H and O–H groups in total. The zero-order chi connectivity index (χ0) is 15.9. The SMILES string of the molecule is O[C@@H]1C(OP(O)(O)=S)[C@@H](O)[C@@H](O)C(OP(O)(O)=S)[C@H]1O. The molecule has 1 saturated carbocycles. The summed E-state index contributed by atoms with van der Waals surface area (Å²) < 4.78 is 8.88. The highest BCUT2D eigenvalue weighted by atomic mass is 32.5. The molecule has 1 rings (SSSR count). The van der Waals surface area contributed by atoms with Gasteiger partial charge in [-0.25, -0.2) is 0 Å². The highest BCUT2D eigenvalue weighted by Crippen LogP contribution is 2.45. The van der Waals surface area contributed by atoms with E-state index < -0.39 is 50.1 Å². The summed E-state index contributed by atoms with van der Waals surface area (Å²) in [6, 6.07) is 0. The van der Waals surface area contributed by atoms with Crippen molar-refractivity contribution in [1.29, 1.82) is 0 Å². The van der Waals surface area contributed by atoms with E-state index in [4.69, 9.17) is 19.6 Å². The smallest absolute Gasteiger partial charge is 0.322 e. The molecule has 0 amide bonds. The first-order valence-corrected chi connectivity index (χ1v) is 10.3. The Hall–Kier alpha value is 0.900. The molecule has 120 valence electrons. The van der Waals surface area contributed by atoms with Gasteiger partial charge in [0.05, 0.1) is 0 Å². The predicted molar refractivity (Wildman–Crippen MR) is 71.2 cm³/mol. The maximum absolute atomic E-state index is 9.69. The Morgan fingerprint density at radius 1 is 0.600 bits per heavy atom. The minimum absolute atomic E-state index is 1.81. The third-order valence-corrected chi connectivity index (χ3v) is 4.12. The largest absolute Gasteiger partial charge is 0.387 e. The van der Waals surface area contributed by atoms with Crippen LogP contribution < -0.4 is 0 Å². The molecule has 14 heteroatoms. The molecule has 1 aliphatic carbocycles. The lowest BCUT2D eigenvalue weighted by Gasteiger charge is -2.43. The molecule has 2 unspecified atom stereocenters. The molecule has 0 aromatic carbocycles. The maximum atomic E-state index is 9.69. The molecule has 0 bridgehead atoms. The summed E-state index contributed by atoms with van der Waals surface area (Å²) in [5.74, 6) is 0. The van der Waals surface area contributed by atoms with Gasteiger partial charge in [0.1, 0.15) is 36.6 Å². The zero-order valence-electron chi connectivity index (χ0n) is 9.57. The standard InChI is InChI=1S/C6H14O10P2S2/c7-1-2(8)6(16-18(13,14)20)4(10)3(9)5(1)15-17(11,12)19/h1-10H,(H2,11,12,19)(H2,13,14,20)/t1-,2-,3-,4+,5?,6?/m0/s1. The Balaban J connectivity index is 2.96. The summed E-state index contributed by atoms with van der Waals surface area (Å²) in [7, 11) is 0. The number of hydrogen-bond donors (Lipinski definition) is 8. The fourth-order valence-corrected chi connectivity index (χ4v) is 3.48. The average molecular weight is 372 g/mol. The van der Waals surface area contributed by atoms with E-state index in [0.717, 1.165) is 0 Å². The number of hydrogen-bond acceptors (Lipinski definition) is 8. The second-order valence-electron chi connectivity index (χ2n) is 4.08. The summed E-state index contributed by atoms with van der Waals surface area (Å²) in [4.78, 5) is 35.9. The van der Waals surface area contributed by atoms with Gasteiger partial charge in [-0.1, -0.05) is 0 Å². The first kappa shape index (κ1) is 18.9. The van der Waals surface area contributed by atoms with Gasteiger partial charge in [-0.2, -0.15) is 0 Å². The van der Waals surface area contributed by atoms with Crippen molar-refractivity contribution >= 4 is 37.1 Å². The van der Waals surface area contributed by atoms with Crippen molar-refractivity contribution in [3.63, 3.8) is 0 Å². The molecule has 0 aliphatic heterocycles. The van der Waals surface area contributed by atoms with Crippen LogP contribution in [0.25, 0.3) is 0 Å². The molecule has 6 atom stereocenters. The molecule has 20 heavy (non-hydrogen) atoms. The Labute approximate surface area is 123 Å². The Kier molecular flexibility index (Phi) is 6.22. The van der Waals surface area contributed by atoms with Crippen molar-refractivity contribution in [3.8, 4) is 0 Å². The van der Waals surface area contributed by atoms with Gasteiger partial charge in [-0.15, -0.1) is 0 Å². The van der Waals surface area contributed by atoms with Crippen LogP contribution in [0.4, 0.5) is 0 Å². The lowest BCUT2D eigenvalue weighted by Crippen LogP contribution is -2.64. The van der Waals surface area contributed by atoms with Crippen molar-refractivity contribution in [2.45, 2.75) is 36.6 Å². The van der Waals surface area contributed by atoms with E-state index >= 15 is 0 Å². The van der Waals surface area contributed by atoms with E-state index in [-0.39, 0.29) is 0 Å². The van der Waals surface area contributed by atoms with E-state index in [1.165, 1.54) is 0 Å². The molecule has 1 aliphatic rings. The third kappa shape index (κ3) is 4.97. The Bertz CT molecular complexity index is 379. The zero-order valence-corrected chi connectivity index (χ0v) is 13.0. The highest BCUT2D eigenvalue weighted by Gasteiger charge is 2.52. The maximum Gasteiger partial charge on any atom is 0.322 e. The normalized spacial score (nSPS) is 39.8. The van der Waals surface area contributed by atoms with E-state index in [9.17, 15) is 20.4 Å². The number of rotatable bonds is 4. The number of aliphatic hydroxyl groups excluding tert-OH is 4. The van der Waals surface area contributed by atoms with Crippen molar-refractivity contribution < 1.29 is 49.0 Å². The molecular formula is C6H14O10P2S2. The molecule has 0 aromatic rings. The van der Waals surface area contributed by atoms with Gasteiger partial charge in [-0.3, -0.25) is 9.05 Å². The monoisotopic (exact) mass is 372 g/mol. The number of aliphatic hydroxyl groups is 4. The molecule has 0 aromatic heterocycles. The van der Waals surface area contributed by atoms with Crippen LogP contribution in [-0.4, -0.2) is 76.6 Å². The van der Waals surface area contributed by atoms with E-state index in [1.807, 2.05) is 0 Å². The predicted octanol–water partition coefficient (Wildman–Crippen LogP) is -3.37. The van der Waals surface area contributed by atoms with Gasteiger partial charge < -0.3 is 40.0 Å². The van der Waals surface area contributed by atoms with Gasteiger partial charge in [0.15, 0.2) is 0 Å². The molecule has 1 fully saturated rings. The van der Waals surface area contributed by atoms with Gasteiger partial charge in [0.2, 0.25) is 0 Å². The van der Waals surface area contributed by atoms with Gasteiger partial charge >= 0.3 is 13.4 Å². The molecular weight excluding hydrogens is 358 g/mol. The van der Waals surface area contributed by atoms with Crippen molar-refractivity contribution in [1.82, 2.24) is 0 Å². The lowest BCUT2D eigenvalue weighted by atomic mass is 9.85. The fourth-order valence-electron chi connectivity index (χ4n) is 1.75. The quantitative estimate of drug-likeness (QED) is 0.230. The van der Waals surface area contributed by atoms with E-state index in [1.54, 1.807) is 0 Å². The van der Waals surface area contributed by atoms with Gasteiger partial charge in [0.25, 0.3) is 0 Å². The fraction of sp³-hybridized carbons (Fsp3) is 1.00. The first-order chi connectivity index (χ1) is 8.83. The van der Waals surface area contributed by atoms with Crippen molar-refractivity contribution in [3.05, 3.63) is 0 Å². The summed E-state index contributed by atoms with van der Waals surface area (Å²) in [5, 5.41) is 38.8. The van der Waals surface area contributed by atoms with Crippen LogP contribution in [0.1, 0.15) is 0 Å². The summed E-state index contributed by atoms with van der Waals surface area (Å²) in [5.41, 5.74) is 0. The van der Waals surface area contributed by atoms with Crippen LogP contribution >= 0.6 is 13.4 Å². The Morgan fingerprint density at radius 2 is 0.800 bits per heavy atom. The molecule has 0 radical (unpaired) electrons. The van der Waals surface area contributed by atoms with Crippen molar-refractivity contribution in [2.75, 3.05) is 0 Å². The van der Waals surface area contributed by atoms with Crippen LogP contribution in [0.5, 0.6) is 0 Å². The van der Waals surface area contributed by atoms with Crippen LogP contribution in [0.2, 0.25) is 0 Å². The minimum atomic E-state index is -4.28. The van der Waals surface area contributed by atoms with E-state index in [2.05, 4.69) is 32.7 Å². The molecule has 0 spiro atoms. The van der Waals surface area contributed by atoms with Crippen LogP contribution in [0.15, 0.2) is 0 Å².